The summed E-state index contributed by atoms with van der Waals surface area (Å²) in [6, 6.07) is 9.81. The van der Waals surface area contributed by atoms with Crippen LogP contribution in [0.25, 0.3) is 10.9 Å². The fourth-order valence-electron chi connectivity index (χ4n) is 4.47. The molecule has 1 aromatic carbocycles. The average molecular weight is 493 g/mol. The van der Waals surface area contributed by atoms with Gasteiger partial charge < -0.3 is 21.1 Å². The number of nitrogens with zero attached hydrogens (tertiary/aromatic N) is 3. The number of hydrogen-bond donors (Lipinski definition) is 4. The van der Waals surface area contributed by atoms with E-state index in [1.807, 2.05) is 28.9 Å². The molecule has 10 heteroatoms. The highest BCUT2D eigenvalue weighted by atomic mass is 16.4. The topological polar surface area (TPSA) is 138 Å². The molecule has 1 aliphatic carbocycles. The van der Waals surface area contributed by atoms with Crippen LogP contribution in [0.15, 0.2) is 48.8 Å². The first kappa shape index (κ1) is 25.2. The normalized spacial score (nSPS) is 14.8. The maximum Gasteiger partial charge on any atom is 0.328 e. The van der Waals surface area contributed by atoms with Crippen molar-refractivity contribution in [2.24, 2.45) is 5.92 Å². The Morgan fingerprint density at radius 3 is 2.69 bits per heavy atom. The van der Waals surface area contributed by atoms with Crippen LogP contribution in [0.2, 0.25) is 0 Å². The highest BCUT2D eigenvalue weighted by Gasteiger charge is 2.27. The van der Waals surface area contributed by atoms with Crippen LogP contribution in [0.3, 0.4) is 0 Å². The van der Waals surface area contributed by atoms with Crippen molar-refractivity contribution < 1.29 is 19.5 Å². The summed E-state index contributed by atoms with van der Waals surface area (Å²) in [5, 5.41) is 23.3. The molecule has 1 aliphatic rings. The summed E-state index contributed by atoms with van der Waals surface area (Å²) in [4.78, 5) is 41.0. The number of fused-ring (bicyclic) bond motifs is 1. The summed E-state index contributed by atoms with van der Waals surface area (Å²) in [7, 11) is 0. The lowest BCUT2D eigenvalue weighted by Crippen LogP contribution is -2.50. The molecule has 10 nitrogen and oxygen atoms in total. The first-order valence-electron chi connectivity index (χ1n) is 12.4. The predicted molar refractivity (Wildman–Crippen MR) is 136 cm³/mol. The van der Waals surface area contributed by atoms with Crippen molar-refractivity contribution in [3.63, 3.8) is 0 Å². The Labute approximate surface area is 209 Å². The van der Waals surface area contributed by atoms with Crippen LogP contribution >= 0.6 is 0 Å². The van der Waals surface area contributed by atoms with Gasteiger partial charge in [-0.3, -0.25) is 14.3 Å². The smallest absolute Gasteiger partial charge is 0.328 e. The second-order valence-electron chi connectivity index (χ2n) is 9.08. The van der Waals surface area contributed by atoms with Crippen LogP contribution in [0.4, 0.5) is 5.82 Å². The second-order valence-corrected chi connectivity index (χ2v) is 9.08. The van der Waals surface area contributed by atoms with Crippen LogP contribution < -0.4 is 16.0 Å². The van der Waals surface area contributed by atoms with E-state index in [0.717, 1.165) is 61.8 Å². The SMILES string of the molecule is O=C(NCC(NC(=O)C1CCCCC1)C(=O)O)c1ccc2c(cnn2CCCNc2ccccn2)c1. The van der Waals surface area contributed by atoms with E-state index in [1.54, 1.807) is 24.5 Å². The Hall–Kier alpha value is -3.95. The number of carbonyl (C=O) groups is 3. The van der Waals surface area contributed by atoms with Crippen molar-refractivity contribution in [2.45, 2.75) is 51.1 Å². The van der Waals surface area contributed by atoms with Crippen LogP contribution in [0.1, 0.15) is 48.9 Å². The van der Waals surface area contributed by atoms with Crippen molar-refractivity contribution in [3.8, 4) is 0 Å². The molecule has 1 saturated carbocycles. The highest BCUT2D eigenvalue weighted by molar-refractivity contribution is 5.98. The standard InChI is InChI=1S/C26H32N6O4/c33-24(29-17-21(26(35)36)31-25(34)18-7-2-1-3-8-18)19-10-11-22-20(15-19)16-30-32(22)14-6-13-28-23-9-4-5-12-27-23/h4-5,9-12,15-16,18,21H,1-3,6-8,13-14,17H2,(H,27,28)(H,29,33)(H,31,34)(H,35,36). The number of carbonyl (C=O) groups excluding carboxylic acids is 2. The van der Waals surface area contributed by atoms with Crippen LogP contribution in [0.5, 0.6) is 0 Å². The first-order chi connectivity index (χ1) is 17.5. The van der Waals surface area contributed by atoms with Gasteiger partial charge in [0.2, 0.25) is 5.91 Å². The molecular formula is C26H32N6O4. The summed E-state index contributed by atoms with van der Waals surface area (Å²) in [5.41, 5.74) is 1.31. The summed E-state index contributed by atoms with van der Waals surface area (Å²) in [6.07, 6.45) is 8.92. The van der Waals surface area contributed by atoms with Crippen molar-refractivity contribution in [2.75, 3.05) is 18.4 Å². The molecule has 190 valence electrons. The van der Waals surface area contributed by atoms with Gasteiger partial charge in [-0.1, -0.05) is 25.3 Å². The summed E-state index contributed by atoms with van der Waals surface area (Å²) in [5.74, 6) is -1.14. The Balaban J connectivity index is 1.29. The van der Waals surface area contributed by atoms with E-state index in [9.17, 15) is 19.5 Å². The number of aliphatic carboxylic acids is 1. The van der Waals surface area contributed by atoms with Gasteiger partial charge >= 0.3 is 5.97 Å². The molecule has 1 fully saturated rings. The molecule has 3 aromatic rings. The number of rotatable bonds is 11. The third-order valence-electron chi connectivity index (χ3n) is 6.48. The highest BCUT2D eigenvalue weighted by Crippen LogP contribution is 2.23. The maximum absolute atomic E-state index is 12.7. The lowest BCUT2D eigenvalue weighted by Gasteiger charge is -2.23. The maximum atomic E-state index is 12.7. The van der Waals surface area contributed by atoms with Crippen LogP contribution in [-0.4, -0.2) is 56.8 Å². The van der Waals surface area contributed by atoms with E-state index in [0.29, 0.717) is 12.1 Å². The zero-order chi connectivity index (χ0) is 25.3. The summed E-state index contributed by atoms with van der Waals surface area (Å²) < 4.78 is 1.89. The predicted octanol–water partition coefficient (Wildman–Crippen LogP) is 2.81. The fourth-order valence-corrected chi connectivity index (χ4v) is 4.47. The number of nitrogens with one attached hydrogen (secondary N) is 3. The molecule has 4 rings (SSSR count). The van der Waals surface area contributed by atoms with Crippen molar-refractivity contribution in [1.82, 2.24) is 25.4 Å². The third-order valence-corrected chi connectivity index (χ3v) is 6.48. The van der Waals surface area contributed by atoms with Crippen LogP contribution in [0, 0.1) is 5.92 Å². The molecule has 0 bridgehead atoms. The van der Waals surface area contributed by atoms with Gasteiger partial charge in [-0.25, -0.2) is 9.78 Å². The van der Waals surface area contributed by atoms with Gasteiger partial charge in [0.15, 0.2) is 0 Å². The summed E-state index contributed by atoms with van der Waals surface area (Å²) >= 11 is 0. The quantitative estimate of drug-likeness (QED) is 0.302. The van der Waals surface area contributed by atoms with Gasteiger partial charge in [-0.2, -0.15) is 5.10 Å². The Bertz CT molecular complexity index is 1190. The fraction of sp³-hybridized carbons (Fsp3) is 0.423. The van der Waals surface area contributed by atoms with Gasteiger partial charge in [0.25, 0.3) is 5.91 Å². The van der Waals surface area contributed by atoms with Gasteiger partial charge in [0.1, 0.15) is 11.9 Å². The number of aromatic nitrogens is 3. The van der Waals surface area contributed by atoms with Gasteiger partial charge in [-0.15, -0.1) is 0 Å². The molecule has 36 heavy (non-hydrogen) atoms. The van der Waals surface area contributed by atoms with E-state index in [1.165, 1.54) is 0 Å². The number of amides is 2. The molecule has 0 saturated heterocycles. The monoisotopic (exact) mass is 492 g/mol. The molecule has 4 N–H and O–H groups in total. The number of anilines is 1. The lowest BCUT2D eigenvalue weighted by molar-refractivity contribution is -0.142. The number of aryl methyl sites for hydroxylation is 1. The molecule has 0 spiro atoms. The van der Waals surface area contributed by atoms with E-state index in [4.69, 9.17) is 0 Å². The minimum Gasteiger partial charge on any atom is -0.480 e. The average Bonchev–Trinajstić information content (AvgIpc) is 3.31. The van der Waals surface area contributed by atoms with Gasteiger partial charge in [0.05, 0.1) is 11.7 Å². The number of carboxylic acid groups (broad SMARTS) is 1. The first-order valence-corrected chi connectivity index (χ1v) is 12.4. The van der Waals surface area contributed by atoms with Crippen molar-refractivity contribution in [1.29, 1.82) is 0 Å². The molecule has 2 heterocycles. The number of benzene rings is 1. The molecule has 2 amide bonds. The Kier molecular flexibility index (Phi) is 8.48. The molecule has 1 atom stereocenters. The number of pyridine rings is 1. The van der Waals surface area contributed by atoms with E-state index in [-0.39, 0.29) is 18.4 Å². The largest absolute Gasteiger partial charge is 0.480 e. The van der Waals surface area contributed by atoms with Crippen molar-refractivity contribution in [3.05, 3.63) is 54.4 Å². The molecular weight excluding hydrogens is 460 g/mol. The minimum absolute atomic E-state index is 0.152. The lowest BCUT2D eigenvalue weighted by atomic mass is 9.88. The molecule has 0 aliphatic heterocycles. The van der Waals surface area contributed by atoms with Crippen molar-refractivity contribution >= 4 is 34.5 Å². The molecule has 1 unspecified atom stereocenters. The third kappa shape index (κ3) is 6.59. The van der Waals surface area contributed by atoms with E-state index >= 15 is 0 Å². The zero-order valence-electron chi connectivity index (χ0n) is 20.2. The molecule has 2 aromatic heterocycles. The summed E-state index contributed by atoms with van der Waals surface area (Å²) in [6.45, 7) is 1.27. The minimum atomic E-state index is -1.17. The van der Waals surface area contributed by atoms with E-state index < -0.39 is 17.9 Å². The van der Waals surface area contributed by atoms with Crippen LogP contribution in [-0.2, 0) is 16.1 Å². The van der Waals surface area contributed by atoms with Gasteiger partial charge in [0, 0.05) is 42.7 Å². The number of carboxylic acids is 1. The Morgan fingerprint density at radius 1 is 1.11 bits per heavy atom. The second kappa shape index (κ2) is 12.1. The van der Waals surface area contributed by atoms with Gasteiger partial charge in [-0.05, 0) is 49.6 Å². The zero-order valence-corrected chi connectivity index (χ0v) is 20.2. The number of hydrogen-bond acceptors (Lipinski definition) is 6. The van der Waals surface area contributed by atoms with E-state index in [2.05, 4.69) is 26.0 Å². The Morgan fingerprint density at radius 2 is 1.94 bits per heavy atom. The molecule has 0 radical (unpaired) electrons.